The van der Waals surface area contributed by atoms with E-state index in [1.807, 2.05) is 6.07 Å². The molecule has 1 N–H and O–H groups in total. The summed E-state index contributed by atoms with van der Waals surface area (Å²) in [6, 6.07) is 14.5. The molecule has 2 aromatic carbocycles. The molecule has 2 heterocycles. The normalized spacial score (nSPS) is 15.3. The van der Waals surface area contributed by atoms with Crippen molar-refractivity contribution in [3.63, 3.8) is 0 Å². The summed E-state index contributed by atoms with van der Waals surface area (Å²) in [6.45, 7) is 6.53. The Hall–Kier alpha value is -2.11. The highest BCUT2D eigenvalue weighted by molar-refractivity contribution is 7.68. The molecule has 1 aliphatic heterocycles. The number of aryl methyl sites for hydroxylation is 1. The Morgan fingerprint density at radius 1 is 1.04 bits per heavy atom. The minimum absolute atomic E-state index is 0.112. The molecule has 0 bridgehead atoms. The van der Waals surface area contributed by atoms with Gasteiger partial charge in [0.15, 0.2) is 0 Å². The number of methoxy groups -OCH3 is 1. The van der Waals surface area contributed by atoms with Crippen LogP contribution in [0.15, 0.2) is 47.5 Å². The Bertz CT molecular complexity index is 997. The molecule has 0 radical (unpaired) electrons. The molecule has 4 rings (SSSR count). The minimum atomic E-state index is -0.112. The van der Waals surface area contributed by atoms with Gasteiger partial charge in [0.05, 0.1) is 23.2 Å². The molecule has 0 unspecified atom stereocenters. The van der Waals surface area contributed by atoms with Crippen molar-refractivity contribution in [2.75, 3.05) is 12.4 Å². The van der Waals surface area contributed by atoms with Crippen molar-refractivity contribution in [3.05, 3.63) is 57.6 Å². The number of nitrogens with one attached hydrogen (secondary N) is 1. The van der Waals surface area contributed by atoms with Crippen LogP contribution in [-0.2, 0) is 5.54 Å². The predicted molar refractivity (Wildman–Crippen MR) is 107 cm³/mol. The maximum Gasteiger partial charge on any atom is 0.135 e. The molecule has 1 aliphatic rings. The Morgan fingerprint density at radius 2 is 1.80 bits per heavy atom. The van der Waals surface area contributed by atoms with Crippen molar-refractivity contribution in [2.45, 2.75) is 26.3 Å². The molecule has 3 nitrogen and oxygen atoms in total. The molecular formula is C20H20N2OS2. The minimum Gasteiger partial charge on any atom is -0.497 e. The molecule has 0 fully saturated rings. The van der Waals surface area contributed by atoms with Gasteiger partial charge in [-0.25, -0.2) is 4.99 Å². The topological polar surface area (TPSA) is 33.6 Å². The Labute approximate surface area is 155 Å². The number of fused-ring (bicyclic) bond motifs is 3. The highest BCUT2D eigenvalue weighted by Crippen LogP contribution is 2.46. The summed E-state index contributed by atoms with van der Waals surface area (Å²) in [7, 11) is 5.25. The third-order valence-corrected chi connectivity index (χ3v) is 7.06. The van der Waals surface area contributed by atoms with Gasteiger partial charge in [-0.15, -0.1) is 0 Å². The van der Waals surface area contributed by atoms with E-state index in [1.54, 1.807) is 27.8 Å². The summed E-state index contributed by atoms with van der Waals surface area (Å²) in [6.07, 6.45) is 0. The number of hydrogen-bond acceptors (Lipinski definition) is 5. The molecule has 0 saturated heterocycles. The molecule has 5 heteroatoms. The first kappa shape index (κ1) is 16.4. The Balaban J connectivity index is 1.96. The predicted octanol–water partition coefficient (Wildman–Crippen LogP) is 5.69. The second-order valence-corrected chi connectivity index (χ2v) is 8.91. The average molecular weight is 369 g/mol. The van der Waals surface area contributed by atoms with Gasteiger partial charge in [0, 0.05) is 16.8 Å². The van der Waals surface area contributed by atoms with Crippen LogP contribution in [0.2, 0.25) is 0 Å². The molecule has 0 aliphatic carbocycles. The standard InChI is InChI=1S/C20H20N2OS2/c1-12-5-7-13(8-6-12)21-19-17-15-11-14(23-4)9-10-16(15)22-20(2,3)18(17)24-25-19/h5-11,22H,1-4H3. The molecule has 128 valence electrons. The fraction of sp³-hybridized carbons (Fsp3) is 0.250. The van der Waals surface area contributed by atoms with Gasteiger partial charge >= 0.3 is 0 Å². The van der Waals surface area contributed by atoms with Crippen LogP contribution in [0.25, 0.3) is 11.1 Å². The maximum absolute atomic E-state index is 5.44. The number of nitrogens with zero attached hydrogens (tertiary/aromatic N) is 1. The van der Waals surface area contributed by atoms with E-state index in [1.165, 1.54) is 16.0 Å². The van der Waals surface area contributed by atoms with Crippen molar-refractivity contribution < 1.29 is 4.74 Å². The zero-order chi connectivity index (χ0) is 17.6. The average Bonchev–Trinajstić information content (AvgIpc) is 3.02. The summed E-state index contributed by atoms with van der Waals surface area (Å²) < 4.78 is 6.51. The SMILES string of the molecule is COc1ccc2c(c1)-c1c(ssc1=Nc1ccc(C)cc1)C(C)(C)N2. The van der Waals surface area contributed by atoms with Gasteiger partial charge in [-0.2, -0.15) is 0 Å². The first-order valence-electron chi connectivity index (χ1n) is 8.19. The van der Waals surface area contributed by atoms with E-state index in [9.17, 15) is 0 Å². The molecule has 0 spiro atoms. The molecule has 0 amide bonds. The first-order valence-corrected chi connectivity index (χ1v) is 10.3. The second-order valence-electron chi connectivity index (χ2n) is 6.78. The molecular weight excluding hydrogens is 348 g/mol. The van der Waals surface area contributed by atoms with E-state index in [0.717, 1.165) is 27.4 Å². The number of rotatable bonds is 2. The molecule has 25 heavy (non-hydrogen) atoms. The third kappa shape index (κ3) is 2.87. The summed E-state index contributed by atoms with van der Waals surface area (Å²) in [4.78, 5) is 6.26. The number of benzene rings is 2. The zero-order valence-corrected chi connectivity index (χ0v) is 16.3. The fourth-order valence-electron chi connectivity index (χ4n) is 3.09. The van der Waals surface area contributed by atoms with Crippen molar-refractivity contribution >= 4 is 32.1 Å². The Kier molecular flexibility index (Phi) is 3.93. The van der Waals surface area contributed by atoms with E-state index in [-0.39, 0.29) is 5.54 Å². The number of anilines is 1. The van der Waals surface area contributed by atoms with Crippen LogP contribution < -0.4 is 14.7 Å². The van der Waals surface area contributed by atoms with Crippen molar-refractivity contribution in [3.8, 4) is 16.9 Å². The quantitative estimate of drug-likeness (QED) is 0.590. The largest absolute Gasteiger partial charge is 0.497 e. The summed E-state index contributed by atoms with van der Waals surface area (Å²) in [5.41, 5.74) is 5.65. The van der Waals surface area contributed by atoms with Gasteiger partial charge in [-0.3, -0.25) is 0 Å². The lowest BCUT2D eigenvalue weighted by molar-refractivity contribution is 0.415. The summed E-state index contributed by atoms with van der Waals surface area (Å²) in [5, 5.41) is 3.65. The number of ether oxygens (including phenoxy) is 1. The van der Waals surface area contributed by atoms with E-state index in [4.69, 9.17) is 9.73 Å². The monoisotopic (exact) mass is 368 g/mol. The van der Waals surface area contributed by atoms with Crippen LogP contribution in [0, 0.1) is 6.92 Å². The van der Waals surface area contributed by atoms with Crippen LogP contribution in [0.1, 0.15) is 24.3 Å². The maximum atomic E-state index is 5.44. The van der Waals surface area contributed by atoms with E-state index >= 15 is 0 Å². The van der Waals surface area contributed by atoms with E-state index in [0.29, 0.717) is 0 Å². The molecule has 0 saturated carbocycles. The fourth-order valence-corrected chi connectivity index (χ4v) is 6.02. The van der Waals surface area contributed by atoms with Crippen LogP contribution in [-0.4, -0.2) is 7.11 Å². The van der Waals surface area contributed by atoms with E-state index < -0.39 is 0 Å². The first-order chi connectivity index (χ1) is 12.0. The molecule has 3 aromatic rings. The number of hydrogen-bond donors (Lipinski definition) is 1. The van der Waals surface area contributed by atoms with Gasteiger partial charge in [0.2, 0.25) is 0 Å². The lowest BCUT2D eigenvalue weighted by Gasteiger charge is -2.33. The van der Waals surface area contributed by atoms with Gasteiger partial charge < -0.3 is 10.1 Å². The highest BCUT2D eigenvalue weighted by Gasteiger charge is 2.33. The highest BCUT2D eigenvalue weighted by atomic mass is 32.9. The van der Waals surface area contributed by atoms with Gasteiger partial charge in [0.25, 0.3) is 0 Å². The van der Waals surface area contributed by atoms with Gasteiger partial charge in [0.1, 0.15) is 10.4 Å². The van der Waals surface area contributed by atoms with E-state index in [2.05, 4.69) is 62.5 Å². The summed E-state index contributed by atoms with van der Waals surface area (Å²) in [5.74, 6) is 0.865. The lowest BCUT2D eigenvalue weighted by atomic mass is 9.90. The van der Waals surface area contributed by atoms with Crippen molar-refractivity contribution in [2.24, 2.45) is 4.99 Å². The third-order valence-electron chi connectivity index (χ3n) is 4.42. The van der Waals surface area contributed by atoms with Gasteiger partial charge in [-0.1, -0.05) is 38.4 Å². The van der Waals surface area contributed by atoms with Crippen molar-refractivity contribution in [1.82, 2.24) is 0 Å². The second kappa shape index (κ2) is 6.00. The van der Waals surface area contributed by atoms with Crippen LogP contribution in [0.3, 0.4) is 0 Å². The lowest BCUT2D eigenvalue weighted by Crippen LogP contribution is -2.31. The van der Waals surface area contributed by atoms with Gasteiger partial charge in [-0.05, 0) is 51.1 Å². The summed E-state index contributed by atoms with van der Waals surface area (Å²) >= 11 is 0. The van der Waals surface area contributed by atoms with Crippen LogP contribution in [0.5, 0.6) is 5.75 Å². The van der Waals surface area contributed by atoms with Crippen LogP contribution >= 0.6 is 20.7 Å². The Morgan fingerprint density at radius 3 is 2.52 bits per heavy atom. The van der Waals surface area contributed by atoms with Crippen molar-refractivity contribution in [1.29, 1.82) is 0 Å². The van der Waals surface area contributed by atoms with Crippen LogP contribution in [0.4, 0.5) is 11.4 Å². The smallest absolute Gasteiger partial charge is 0.135 e. The molecule has 1 aromatic heterocycles. The zero-order valence-electron chi connectivity index (χ0n) is 14.7. The molecule has 0 atom stereocenters.